The Morgan fingerprint density at radius 1 is 1.15 bits per heavy atom. The zero-order valence-corrected chi connectivity index (χ0v) is 14.9. The molecule has 4 aliphatic carbocycles. The lowest BCUT2D eigenvalue weighted by Crippen LogP contribution is -2.48. The Bertz CT molecular complexity index is 846. The van der Waals surface area contributed by atoms with Crippen molar-refractivity contribution in [1.82, 2.24) is 10.2 Å². The normalized spacial score (nSPS) is 32.0. The Morgan fingerprint density at radius 2 is 1.81 bits per heavy atom. The molecule has 1 aromatic carbocycles. The first-order chi connectivity index (χ1) is 12.5. The van der Waals surface area contributed by atoms with Crippen LogP contribution in [0.2, 0.25) is 5.02 Å². The van der Waals surface area contributed by atoms with E-state index in [1.165, 1.54) is 31.4 Å². The zero-order valence-electron chi connectivity index (χ0n) is 14.2. The highest BCUT2D eigenvalue weighted by molar-refractivity contribution is 6.32. The van der Waals surface area contributed by atoms with Crippen molar-refractivity contribution in [2.75, 3.05) is 5.32 Å². The van der Waals surface area contributed by atoms with Crippen molar-refractivity contribution in [3.05, 3.63) is 39.2 Å². The molecule has 26 heavy (non-hydrogen) atoms. The predicted octanol–water partition coefficient (Wildman–Crippen LogP) is 4.84. The molecule has 2 aromatic rings. The third-order valence-corrected chi connectivity index (χ3v) is 6.63. The number of rotatable bonds is 4. The first-order valence-corrected chi connectivity index (χ1v) is 9.43. The Hall–Kier alpha value is -2.15. The van der Waals surface area contributed by atoms with Gasteiger partial charge < -0.3 is 9.73 Å². The number of halogens is 1. The summed E-state index contributed by atoms with van der Waals surface area (Å²) in [5.41, 5.74) is 0.382. The number of nitro benzene ring substituents is 1. The lowest BCUT2D eigenvalue weighted by Gasteiger charge is -2.55. The standard InChI is InChI=1S/C18H19ClN4O3/c19-14-2-1-13(6-15(14)23(24)25)20-17-22-21-16(26-17)18-7-10-3-11(8-18)5-12(4-10)9-18/h1-2,6,10-12H,3-5,7-9H2,(H,20,22). The second-order valence-corrected chi connectivity index (χ2v) is 8.57. The highest BCUT2D eigenvalue weighted by Gasteiger charge is 2.54. The molecule has 1 heterocycles. The van der Waals surface area contributed by atoms with Crippen molar-refractivity contribution in [2.24, 2.45) is 17.8 Å². The summed E-state index contributed by atoms with van der Waals surface area (Å²) in [4.78, 5) is 10.5. The quantitative estimate of drug-likeness (QED) is 0.607. The van der Waals surface area contributed by atoms with E-state index in [-0.39, 0.29) is 22.1 Å². The summed E-state index contributed by atoms with van der Waals surface area (Å²) in [6, 6.07) is 4.78. The Kier molecular flexibility index (Phi) is 3.50. The molecule has 136 valence electrons. The fourth-order valence-corrected chi connectivity index (χ4v) is 5.90. The molecule has 4 fully saturated rings. The molecule has 0 saturated heterocycles. The highest BCUT2D eigenvalue weighted by atomic mass is 35.5. The van der Waals surface area contributed by atoms with Crippen LogP contribution in [-0.2, 0) is 5.41 Å². The topological polar surface area (TPSA) is 94.1 Å². The smallest absolute Gasteiger partial charge is 0.320 e. The van der Waals surface area contributed by atoms with Gasteiger partial charge in [-0.25, -0.2) is 0 Å². The summed E-state index contributed by atoms with van der Waals surface area (Å²) in [5, 5.41) is 22.6. The van der Waals surface area contributed by atoms with Gasteiger partial charge in [0.1, 0.15) is 5.02 Å². The minimum absolute atomic E-state index is 0.0354. The summed E-state index contributed by atoms with van der Waals surface area (Å²) in [6.07, 6.45) is 7.50. The molecule has 1 aromatic heterocycles. The van der Waals surface area contributed by atoms with Crippen LogP contribution in [0.25, 0.3) is 0 Å². The maximum atomic E-state index is 11.0. The molecular formula is C18H19ClN4O3. The van der Waals surface area contributed by atoms with E-state index in [9.17, 15) is 10.1 Å². The second kappa shape index (κ2) is 5.67. The van der Waals surface area contributed by atoms with Crippen molar-refractivity contribution >= 4 is 29.0 Å². The van der Waals surface area contributed by atoms with E-state index in [0.29, 0.717) is 5.69 Å². The molecule has 4 saturated carbocycles. The SMILES string of the molecule is O=[N+]([O-])c1cc(Nc2nnc(C34CC5CC(CC(C5)C3)C4)o2)ccc1Cl. The number of benzene rings is 1. The first-order valence-electron chi connectivity index (χ1n) is 9.06. The number of hydrogen-bond donors (Lipinski definition) is 1. The molecule has 4 bridgehead atoms. The van der Waals surface area contributed by atoms with Crippen LogP contribution in [0.3, 0.4) is 0 Å². The molecule has 0 spiro atoms. The summed E-state index contributed by atoms with van der Waals surface area (Å²) in [7, 11) is 0. The van der Waals surface area contributed by atoms with Crippen LogP contribution >= 0.6 is 11.6 Å². The van der Waals surface area contributed by atoms with Crippen molar-refractivity contribution in [3.63, 3.8) is 0 Å². The van der Waals surface area contributed by atoms with E-state index in [1.807, 2.05) is 0 Å². The van der Waals surface area contributed by atoms with Gasteiger partial charge in [-0.15, -0.1) is 5.10 Å². The van der Waals surface area contributed by atoms with Gasteiger partial charge in [-0.2, -0.15) is 0 Å². The van der Waals surface area contributed by atoms with Crippen molar-refractivity contribution < 1.29 is 9.34 Å². The van der Waals surface area contributed by atoms with E-state index < -0.39 is 4.92 Å². The lowest BCUT2D eigenvalue weighted by molar-refractivity contribution is -0.384. The van der Waals surface area contributed by atoms with E-state index >= 15 is 0 Å². The van der Waals surface area contributed by atoms with Crippen LogP contribution in [0.1, 0.15) is 44.4 Å². The first kappa shape index (κ1) is 16.1. The maximum Gasteiger partial charge on any atom is 0.320 e. The monoisotopic (exact) mass is 374 g/mol. The average molecular weight is 375 g/mol. The van der Waals surface area contributed by atoms with Gasteiger partial charge >= 0.3 is 6.01 Å². The number of aromatic nitrogens is 2. The molecule has 8 heteroatoms. The van der Waals surface area contributed by atoms with Gasteiger partial charge in [0.05, 0.1) is 4.92 Å². The molecule has 0 unspecified atom stereocenters. The fourth-order valence-electron chi connectivity index (χ4n) is 5.71. The van der Waals surface area contributed by atoms with Gasteiger partial charge in [0.2, 0.25) is 5.89 Å². The van der Waals surface area contributed by atoms with Gasteiger partial charge in [-0.3, -0.25) is 10.1 Å². The van der Waals surface area contributed by atoms with E-state index in [0.717, 1.165) is 42.9 Å². The zero-order chi connectivity index (χ0) is 17.9. The van der Waals surface area contributed by atoms with E-state index in [4.69, 9.17) is 16.0 Å². The number of nitrogens with one attached hydrogen (secondary N) is 1. The summed E-state index contributed by atoms with van der Waals surface area (Å²) < 4.78 is 5.97. The minimum atomic E-state index is -0.512. The Labute approximate surface area is 155 Å². The summed E-state index contributed by atoms with van der Waals surface area (Å²) >= 11 is 5.85. The van der Waals surface area contributed by atoms with Gasteiger partial charge in [0.15, 0.2) is 0 Å². The molecule has 4 aliphatic rings. The van der Waals surface area contributed by atoms with Crippen LogP contribution < -0.4 is 5.32 Å². The molecule has 0 radical (unpaired) electrons. The van der Waals surface area contributed by atoms with Crippen LogP contribution in [-0.4, -0.2) is 15.1 Å². The number of anilines is 2. The fraction of sp³-hybridized carbons (Fsp3) is 0.556. The molecule has 0 atom stereocenters. The summed E-state index contributed by atoms with van der Waals surface area (Å²) in [6.45, 7) is 0. The van der Waals surface area contributed by atoms with Crippen molar-refractivity contribution in [1.29, 1.82) is 0 Å². The van der Waals surface area contributed by atoms with Gasteiger partial charge in [-0.1, -0.05) is 16.7 Å². The van der Waals surface area contributed by atoms with E-state index in [1.54, 1.807) is 6.07 Å². The minimum Gasteiger partial charge on any atom is -0.407 e. The molecule has 0 amide bonds. The predicted molar refractivity (Wildman–Crippen MR) is 95.5 cm³/mol. The van der Waals surface area contributed by atoms with Gasteiger partial charge in [0.25, 0.3) is 5.69 Å². The molecule has 1 N–H and O–H groups in total. The largest absolute Gasteiger partial charge is 0.407 e. The third kappa shape index (κ3) is 2.57. The molecule has 6 rings (SSSR count). The molecule has 7 nitrogen and oxygen atoms in total. The van der Waals surface area contributed by atoms with Crippen LogP contribution in [0, 0.1) is 27.9 Å². The third-order valence-electron chi connectivity index (χ3n) is 6.31. The van der Waals surface area contributed by atoms with Crippen LogP contribution in [0.5, 0.6) is 0 Å². The Morgan fingerprint density at radius 3 is 2.42 bits per heavy atom. The average Bonchev–Trinajstić information content (AvgIpc) is 3.04. The van der Waals surface area contributed by atoms with Crippen molar-refractivity contribution in [2.45, 2.75) is 43.9 Å². The second-order valence-electron chi connectivity index (χ2n) is 8.16. The van der Waals surface area contributed by atoms with Crippen molar-refractivity contribution in [3.8, 4) is 0 Å². The maximum absolute atomic E-state index is 11.0. The van der Waals surface area contributed by atoms with Crippen LogP contribution in [0.15, 0.2) is 22.6 Å². The molecule has 0 aliphatic heterocycles. The number of nitro groups is 1. The van der Waals surface area contributed by atoms with Gasteiger partial charge in [-0.05, 0) is 68.4 Å². The molecular weight excluding hydrogens is 356 g/mol. The highest BCUT2D eigenvalue weighted by Crippen LogP contribution is 2.60. The van der Waals surface area contributed by atoms with Gasteiger partial charge in [0, 0.05) is 17.2 Å². The number of nitrogens with zero attached hydrogens (tertiary/aromatic N) is 3. The number of hydrogen-bond acceptors (Lipinski definition) is 6. The Balaban J connectivity index is 1.40. The van der Waals surface area contributed by atoms with Crippen LogP contribution in [0.4, 0.5) is 17.4 Å². The van der Waals surface area contributed by atoms with E-state index in [2.05, 4.69) is 15.5 Å². The summed E-state index contributed by atoms with van der Waals surface area (Å²) in [5.74, 6) is 3.11. The lowest BCUT2D eigenvalue weighted by atomic mass is 9.49.